The van der Waals surface area contributed by atoms with Gasteiger partial charge in [-0.25, -0.2) is 17.5 Å². The Morgan fingerprint density at radius 3 is 2.47 bits per heavy atom. The summed E-state index contributed by atoms with van der Waals surface area (Å²) in [5.41, 5.74) is 1.28. The minimum absolute atomic E-state index is 0.142. The second kappa shape index (κ2) is 9.87. The number of sulfonamides is 1. The fourth-order valence-corrected chi connectivity index (χ4v) is 4.75. The quantitative estimate of drug-likeness (QED) is 0.675. The maximum absolute atomic E-state index is 13.6. The van der Waals surface area contributed by atoms with E-state index in [4.69, 9.17) is 11.6 Å². The maximum Gasteiger partial charge on any atom is 0.240 e. The highest BCUT2D eigenvalue weighted by Gasteiger charge is 2.25. The van der Waals surface area contributed by atoms with Gasteiger partial charge in [0.15, 0.2) is 0 Å². The molecule has 3 rings (SSSR count). The molecule has 1 aliphatic heterocycles. The van der Waals surface area contributed by atoms with E-state index >= 15 is 0 Å². The van der Waals surface area contributed by atoms with Crippen molar-refractivity contribution in [3.63, 3.8) is 0 Å². The van der Waals surface area contributed by atoms with Crippen molar-refractivity contribution in [3.05, 3.63) is 64.4 Å². The van der Waals surface area contributed by atoms with Crippen molar-refractivity contribution in [2.75, 3.05) is 19.6 Å². The van der Waals surface area contributed by atoms with E-state index in [1.165, 1.54) is 18.2 Å². The van der Waals surface area contributed by atoms with Gasteiger partial charge in [0.25, 0.3) is 0 Å². The van der Waals surface area contributed by atoms with Crippen molar-refractivity contribution in [2.45, 2.75) is 37.2 Å². The summed E-state index contributed by atoms with van der Waals surface area (Å²) < 4.78 is 41.3. The number of nitrogens with one attached hydrogen (secondary N) is 2. The number of carbonyl (C=O) groups is 1. The van der Waals surface area contributed by atoms with E-state index in [0.29, 0.717) is 42.1 Å². The van der Waals surface area contributed by atoms with Gasteiger partial charge in [-0.05, 0) is 61.2 Å². The zero-order valence-electron chi connectivity index (χ0n) is 16.7. The Labute approximate surface area is 181 Å². The van der Waals surface area contributed by atoms with Gasteiger partial charge in [-0.1, -0.05) is 23.7 Å². The molecule has 0 radical (unpaired) electrons. The number of piperidine rings is 1. The van der Waals surface area contributed by atoms with Gasteiger partial charge in [-0.2, -0.15) is 0 Å². The molecule has 9 heteroatoms. The molecule has 2 aromatic rings. The molecule has 0 aliphatic carbocycles. The van der Waals surface area contributed by atoms with Crippen molar-refractivity contribution in [2.24, 2.45) is 0 Å². The molecule has 0 unspecified atom stereocenters. The third-order valence-electron chi connectivity index (χ3n) is 5.13. The first-order valence-electron chi connectivity index (χ1n) is 9.75. The molecule has 1 aliphatic rings. The molecule has 1 amide bonds. The Bertz CT molecular complexity index is 991. The number of hydrogen-bond acceptors (Lipinski definition) is 4. The highest BCUT2D eigenvalue weighted by atomic mass is 35.5. The van der Waals surface area contributed by atoms with Gasteiger partial charge in [0, 0.05) is 30.7 Å². The molecule has 0 aromatic heterocycles. The second-order valence-electron chi connectivity index (χ2n) is 7.49. The smallest absolute Gasteiger partial charge is 0.240 e. The Hall–Kier alpha value is -2.00. The standard InChI is InChI=1S/C21H25ClFN3O3S/c1-15-2-3-16(12-20(15)23)13-24-21(27)14-26-10-8-18(9-11-26)25-30(28,29)19-6-4-17(22)5-7-19/h2-7,12,18,25H,8-11,13-14H2,1H3,(H,24,27). The zero-order valence-corrected chi connectivity index (χ0v) is 18.3. The van der Waals surface area contributed by atoms with Crippen molar-refractivity contribution in [3.8, 4) is 0 Å². The Morgan fingerprint density at radius 2 is 1.83 bits per heavy atom. The molecular formula is C21H25ClFN3O3S. The molecule has 30 heavy (non-hydrogen) atoms. The molecule has 2 aromatic carbocycles. The average Bonchev–Trinajstić information content (AvgIpc) is 2.70. The van der Waals surface area contributed by atoms with Gasteiger partial charge in [-0.15, -0.1) is 0 Å². The van der Waals surface area contributed by atoms with E-state index in [-0.39, 0.29) is 35.8 Å². The Balaban J connectivity index is 1.43. The lowest BCUT2D eigenvalue weighted by Crippen LogP contribution is -2.47. The molecular weight excluding hydrogens is 429 g/mol. The molecule has 0 saturated carbocycles. The predicted molar refractivity (Wildman–Crippen MR) is 114 cm³/mol. The summed E-state index contributed by atoms with van der Waals surface area (Å²) in [6.07, 6.45) is 1.23. The molecule has 1 saturated heterocycles. The van der Waals surface area contributed by atoms with Gasteiger partial charge < -0.3 is 5.32 Å². The summed E-state index contributed by atoms with van der Waals surface area (Å²) >= 11 is 5.81. The van der Waals surface area contributed by atoms with E-state index in [2.05, 4.69) is 10.0 Å². The summed E-state index contributed by atoms with van der Waals surface area (Å²) in [6, 6.07) is 10.8. The second-order valence-corrected chi connectivity index (χ2v) is 9.64. The summed E-state index contributed by atoms with van der Waals surface area (Å²) in [7, 11) is -3.60. The van der Waals surface area contributed by atoms with Crippen LogP contribution >= 0.6 is 11.6 Å². The largest absolute Gasteiger partial charge is 0.351 e. The van der Waals surface area contributed by atoms with Crippen LogP contribution in [0.5, 0.6) is 0 Å². The van der Waals surface area contributed by atoms with Crippen LogP contribution in [0.3, 0.4) is 0 Å². The topological polar surface area (TPSA) is 78.5 Å². The lowest BCUT2D eigenvalue weighted by atomic mass is 10.1. The van der Waals surface area contributed by atoms with E-state index in [9.17, 15) is 17.6 Å². The Kier molecular flexibility index (Phi) is 7.46. The molecule has 1 fully saturated rings. The summed E-state index contributed by atoms with van der Waals surface area (Å²) in [4.78, 5) is 14.4. The maximum atomic E-state index is 13.6. The first-order chi connectivity index (χ1) is 14.2. The van der Waals surface area contributed by atoms with E-state index in [1.807, 2.05) is 4.90 Å². The average molecular weight is 454 g/mol. The number of nitrogens with zero attached hydrogens (tertiary/aromatic N) is 1. The van der Waals surface area contributed by atoms with Crippen molar-refractivity contribution in [1.82, 2.24) is 14.9 Å². The molecule has 162 valence electrons. The number of likely N-dealkylation sites (tertiary alicyclic amines) is 1. The first-order valence-corrected chi connectivity index (χ1v) is 11.6. The van der Waals surface area contributed by atoms with E-state index < -0.39 is 10.0 Å². The van der Waals surface area contributed by atoms with Crippen LogP contribution in [0, 0.1) is 12.7 Å². The number of benzene rings is 2. The zero-order chi connectivity index (χ0) is 21.7. The van der Waals surface area contributed by atoms with Crippen LogP contribution in [-0.4, -0.2) is 44.9 Å². The highest BCUT2D eigenvalue weighted by molar-refractivity contribution is 7.89. The van der Waals surface area contributed by atoms with Crippen molar-refractivity contribution < 1.29 is 17.6 Å². The Morgan fingerprint density at radius 1 is 1.17 bits per heavy atom. The van der Waals surface area contributed by atoms with Crippen LogP contribution in [0.4, 0.5) is 4.39 Å². The number of carbonyl (C=O) groups excluding carboxylic acids is 1. The van der Waals surface area contributed by atoms with Gasteiger partial charge in [0.1, 0.15) is 5.82 Å². The van der Waals surface area contributed by atoms with Gasteiger partial charge in [0.2, 0.25) is 15.9 Å². The van der Waals surface area contributed by atoms with Gasteiger partial charge in [0.05, 0.1) is 11.4 Å². The number of rotatable bonds is 7. The molecule has 0 bridgehead atoms. The van der Waals surface area contributed by atoms with Crippen LogP contribution in [0.25, 0.3) is 0 Å². The van der Waals surface area contributed by atoms with Crippen LogP contribution in [0.2, 0.25) is 5.02 Å². The van der Waals surface area contributed by atoms with Crippen molar-refractivity contribution in [1.29, 1.82) is 0 Å². The first kappa shape index (κ1) is 22.7. The summed E-state index contributed by atoms with van der Waals surface area (Å²) in [5, 5.41) is 3.28. The monoisotopic (exact) mass is 453 g/mol. The minimum Gasteiger partial charge on any atom is -0.351 e. The van der Waals surface area contributed by atoms with Crippen molar-refractivity contribution >= 4 is 27.5 Å². The van der Waals surface area contributed by atoms with Crippen LogP contribution in [0.15, 0.2) is 47.4 Å². The molecule has 2 N–H and O–H groups in total. The lowest BCUT2D eigenvalue weighted by Gasteiger charge is -2.31. The number of amides is 1. The molecule has 1 heterocycles. The van der Waals surface area contributed by atoms with Gasteiger partial charge >= 0.3 is 0 Å². The predicted octanol–water partition coefficient (Wildman–Crippen LogP) is 2.85. The van der Waals surface area contributed by atoms with E-state index in [1.54, 1.807) is 31.2 Å². The SMILES string of the molecule is Cc1ccc(CNC(=O)CN2CCC(NS(=O)(=O)c3ccc(Cl)cc3)CC2)cc1F. The van der Waals surface area contributed by atoms with Crippen LogP contribution in [0.1, 0.15) is 24.0 Å². The fraction of sp³-hybridized carbons (Fsp3) is 0.381. The molecule has 6 nitrogen and oxygen atoms in total. The van der Waals surface area contributed by atoms with Gasteiger partial charge in [-0.3, -0.25) is 9.69 Å². The fourth-order valence-electron chi connectivity index (χ4n) is 3.32. The third kappa shape index (κ3) is 6.25. The highest BCUT2D eigenvalue weighted by Crippen LogP contribution is 2.17. The van der Waals surface area contributed by atoms with Crippen LogP contribution < -0.4 is 10.0 Å². The number of aryl methyl sites for hydroxylation is 1. The third-order valence-corrected chi connectivity index (χ3v) is 6.91. The molecule has 0 spiro atoms. The summed E-state index contributed by atoms with van der Waals surface area (Å²) in [6.45, 7) is 3.41. The van der Waals surface area contributed by atoms with Crippen LogP contribution in [-0.2, 0) is 21.4 Å². The minimum atomic E-state index is -3.60. The lowest BCUT2D eigenvalue weighted by molar-refractivity contribution is -0.122. The molecule has 0 atom stereocenters. The number of hydrogen-bond donors (Lipinski definition) is 2. The number of halogens is 2. The van der Waals surface area contributed by atoms with E-state index in [0.717, 1.165) is 0 Å². The summed E-state index contributed by atoms with van der Waals surface area (Å²) in [5.74, 6) is -0.430. The normalized spacial score (nSPS) is 15.8.